The van der Waals surface area contributed by atoms with Crippen molar-refractivity contribution in [3.05, 3.63) is 68.8 Å². The molecule has 1 aliphatic rings. The second kappa shape index (κ2) is 14.9. The number of nitrogens with zero attached hydrogens (tertiary/aromatic N) is 8. The zero-order chi connectivity index (χ0) is 34.1. The van der Waals surface area contributed by atoms with Gasteiger partial charge in [-0.15, -0.1) is 15.3 Å². The number of likely N-dealkylation sites (tertiary alicyclic amines) is 1. The van der Waals surface area contributed by atoms with E-state index in [0.29, 0.717) is 41.2 Å². The predicted octanol–water partition coefficient (Wildman–Crippen LogP) is -0.0467. The Kier molecular flexibility index (Phi) is 11.0. The first-order chi connectivity index (χ1) is 21.6. The number of hydrogen-bond donors (Lipinski definition) is 7. The fourth-order valence-corrected chi connectivity index (χ4v) is 4.36. The zero-order valence-electron chi connectivity index (χ0n) is 25.3. The maximum Gasteiger partial charge on any atom is 0.271 e. The maximum absolute atomic E-state index is 13.5. The number of benzene rings is 2. The number of anilines is 1. The summed E-state index contributed by atoms with van der Waals surface area (Å²) in [6.07, 6.45) is 0.583. The van der Waals surface area contributed by atoms with E-state index < -0.39 is 22.4 Å². The maximum atomic E-state index is 13.5. The van der Waals surface area contributed by atoms with Crippen LogP contribution in [0.3, 0.4) is 0 Å². The van der Waals surface area contributed by atoms with Crippen LogP contribution in [0, 0.1) is 16.0 Å². The standard InChI is InChI=1S/C27H35N15O4/c1-13(35-38-25(28)29)16-4-5-41(12-16)24(44)20-7-19(10-22(11-20)42(45)46)23(43)34-21-8-17(14(2)36-39-26(30)31)6-18(9-21)15(3)37-40-27(32)33/h6-11,16H,4-5,12H2,1-3H3,(H,34,43)(H4,28,29,38)(H4,30,31,39)(H4,32,33,40)/b35-13+,36-14+,37-15+. The van der Waals surface area contributed by atoms with Crippen molar-refractivity contribution in [1.29, 1.82) is 0 Å². The van der Waals surface area contributed by atoms with Crippen molar-refractivity contribution in [2.24, 2.45) is 70.9 Å². The van der Waals surface area contributed by atoms with Crippen LogP contribution >= 0.6 is 0 Å². The number of nitro groups is 1. The van der Waals surface area contributed by atoms with E-state index in [0.717, 1.165) is 12.1 Å². The highest BCUT2D eigenvalue weighted by atomic mass is 16.6. The molecule has 1 unspecified atom stereocenters. The van der Waals surface area contributed by atoms with Crippen LogP contribution in [0.5, 0.6) is 0 Å². The third kappa shape index (κ3) is 9.30. The topological polar surface area (TPSA) is 323 Å². The van der Waals surface area contributed by atoms with Crippen molar-refractivity contribution in [2.75, 3.05) is 18.4 Å². The van der Waals surface area contributed by atoms with Gasteiger partial charge in [0.05, 0.1) is 16.3 Å². The van der Waals surface area contributed by atoms with Crippen LogP contribution in [-0.2, 0) is 0 Å². The minimum Gasteiger partial charge on any atom is -0.369 e. The lowest BCUT2D eigenvalue weighted by Gasteiger charge is -2.17. The molecule has 0 saturated carbocycles. The molecule has 0 aliphatic carbocycles. The zero-order valence-corrected chi connectivity index (χ0v) is 25.3. The van der Waals surface area contributed by atoms with E-state index in [9.17, 15) is 19.7 Å². The summed E-state index contributed by atoms with van der Waals surface area (Å²) in [5.41, 5.74) is 34.3. The second-order valence-corrected chi connectivity index (χ2v) is 10.2. The quantitative estimate of drug-likeness (QED) is 0.0791. The lowest BCUT2D eigenvalue weighted by Crippen LogP contribution is -2.30. The summed E-state index contributed by atoms with van der Waals surface area (Å²) >= 11 is 0. The summed E-state index contributed by atoms with van der Waals surface area (Å²) in [6, 6.07) is 8.34. The highest BCUT2D eigenvalue weighted by Crippen LogP contribution is 2.25. The van der Waals surface area contributed by atoms with Gasteiger partial charge in [-0.3, -0.25) is 19.7 Å². The molecule has 3 rings (SSSR count). The molecule has 1 aliphatic heterocycles. The number of nitrogens with one attached hydrogen (secondary N) is 1. The van der Waals surface area contributed by atoms with Crippen LogP contribution in [0.4, 0.5) is 11.4 Å². The summed E-state index contributed by atoms with van der Waals surface area (Å²) in [4.78, 5) is 39.5. The molecule has 0 radical (unpaired) electrons. The number of non-ortho nitro benzene ring substituents is 1. The van der Waals surface area contributed by atoms with E-state index in [1.165, 1.54) is 11.0 Å². The lowest BCUT2D eigenvalue weighted by molar-refractivity contribution is -0.384. The van der Waals surface area contributed by atoms with Crippen LogP contribution < -0.4 is 39.7 Å². The normalized spacial score (nSPS) is 15.2. The van der Waals surface area contributed by atoms with Crippen molar-refractivity contribution in [3.63, 3.8) is 0 Å². The minimum atomic E-state index is -0.724. The fourth-order valence-electron chi connectivity index (χ4n) is 4.36. The molecule has 1 atom stereocenters. The van der Waals surface area contributed by atoms with Gasteiger partial charge in [0, 0.05) is 64.8 Å². The van der Waals surface area contributed by atoms with Crippen LogP contribution in [0.2, 0.25) is 0 Å². The third-order valence-corrected chi connectivity index (χ3v) is 6.68. The van der Waals surface area contributed by atoms with Gasteiger partial charge in [0.25, 0.3) is 17.5 Å². The molecular formula is C27H35N15O4. The van der Waals surface area contributed by atoms with E-state index >= 15 is 0 Å². The Morgan fingerprint density at radius 3 is 1.78 bits per heavy atom. The molecule has 2 aromatic carbocycles. The van der Waals surface area contributed by atoms with Crippen molar-refractivity contribution < 1.29 is 14.5 Å². The van der Waals surface area contributed by atoms with E-state index in [-0.39, 0.29) is 47.2 Å². The predicted molar refractivity (Wildman–Crippen MR) is 176 cm³/mol. The Balaban J connectivity index is 1.97. The van der Waals surface area contributed by atoms with Gasteiger partial charge in [-0.1, -0.05) is 0 Å². The third-order valence-electron chi connectivity index (χ3n) is 6.68. The average Bonchev–Trinajstić information content (AvgIpc) is 3.51. The Morgan fingerprint density at radius 2 is 1.26 bits per heavy atom. The molecule has 2 amide bonds. The van der Waals surface area contributed by atoms with Crippen LogP contribution in [0.15, 0.2) is 67.0 Å². The molecule has 0 spiro atoms. The number of amides is 2. The molecule has 242 valence electrons. The molecule has 1 saturated heterocycles. The first kappa shape index (κ1) is 34.1. The monoisotopic (exact) mass is 633 g/mol. The number of nitro benzene ring substituents is 1. The number of hydrogen-bond acceptors (Lipinski definition) is 10. The fraction of sp³-hybridized carbons (Fsp3) is 0.259. The molecular weight excluding hydrogens is 598 g/mol. The van der Waals surface area contributed by atoms with Gasteiger partial charge >= 0.3 is 0 Å². The van der Waals surface area contributed by atoms with Crippen molar-refractivity contribution in [3.8, 4) is 0 Å². The lowest BCUT2D eigenvalue weighted by atomic mass is 10.0. The Hall–Kier alpha value is -6.40. The Bertz CT molecular complexity index is 1660. The summed E-state index contributed by atoms with van der Waals surface area (Å²) < 4.78 is 0. The smallest absolute Gasteiger partial charge is 0.271 e. The first-order valence-corrected chi connectivity index (χ1v) is 13.6. The van der Waals surface area contributed by atoms with Gasteiger partial charge in [-0.2, -0.15) is 15.3 Å². The number of carbonyl (C=O) groups is 2. The summed E-state index contributed by atoms with van der Waals surface area (Å²) in [5.74, 6) is -2.05. The number of guanidine groups is 3. The molecule has 1 fully saturated rings. The Labute approximate surface area is 263 Å². The molecule has 0 aromatic heterocycles. The molecule has 13 N–H and O–H groups in total. The van der Waals surface area contributed by atoms with Crippen molar-refractivity contribution >= 4 is 58.2 Å². The molecule has 19 heteroatoms. The molecule has 2 aromatic rings. The minimum absolute atomic E-state index is 0.0336. The SMILES string of the molecule is C/C(=N\N=C(N)N)c1cc(NC(=O)c2cc(C(=O)N3CCC(/C(C)=N/N=C(N)N)C3)cc([N+](=O)[O-])c2)cc(/C(C)=N/N=C(N)N)c1. The molecule has 1 heterocycles. The molecule has 46 heavy (non-hydrogen) atoms. The van der Waals surface area contributed by atoms with Crippen LogP contribution in [-0.4, -0.2) is 69.7 Å². The van der Waals surface area contributed by atoms with E-state index in [1.807, 2.05) is 0 Å². The van der Waals surface area contributed by atoms with Gasteiger partial charge in [-0.25, -0.2) is 0 Å². The highest BCUT2D eigenvalue weighted by Gasteiger charge is 2.30. The highest BCUT2D eigenvalue weighted by molar-refractivity contribution is 6.10. The summed E-state index contributed by atoms with van der Waals surface area (Å²) in [7, 11) is 0. The largest absolute Gasteiger partial charge is 0.369 e. The van der Waals surface area contributed by atoms with E-state index in [4.69, 9.17) is 34.4 Å². The average molecular weight is 634 g/mol. The van der Waals surface area contributed by atoms with Crippen molar-refractivity contribution in [2.45, 2.75) is 27.2 Å². The van der Waals surface area contributed by atoms with Crippen LogP contribution in [0.1, 0.15) is 59.0 Å². The first-order valence-electron chi connectivity index (χ1n) is 13.6. The van der Waals surface area contributed by atoms with E-state index in [1.54, 1.807) is 39.0 Å². The summed E-state index contributed by atoms with van der Waals surface area (Å²) in [6.45, 7) is 5.66. The van der Waals surface area contributed by atoms with Gasteiger partial charge < -0.3 is 44.6 Å². The number of carbonyl (C=O) groups excluding carboxylic acids is 2. The number of nitrogens with two attached hydrogens (primary N) is 6. The Morgan fingerprint density at radius 1 is 0.761 bits per heavy atom. The van der Waals surface area contributed by atoms with Crippen LogP contribution in [0.25, 0.3) is 0 Å². The van der Waals surface area contributed by atoms with Crippen molar-refractivity contribution in [1.82, 2.24) is 4.90 Å². The van der Waals surface area contributed by atoms with Gasteiger partial charge in [0.2, 0.25) is 17.9 Å². The second-order valence-electron chi connectivity index (χ2n) is 10.2. The van der Waals surface area contributed by atoms with Gasteiger partial charge in [-0.05, 0) is 51.5 Å². The molecule has 0 bridgehead atoms. The molecule has 19 nitrogen and oxygen atoms in total. The summed E-state index contributed by atoms with van der Waals surface area (Å²) in [5, 5.41) is 37.4. The van der Waals surface area contributed by atoms with Gasteiger partial charge in [0.1, 0.15) is 0 Å². The van der Waals surface area contributed by atoms with E-state index in [2.05, 4.69) is 35.9 Å². The van der Waals surface area contributed by atoms with Gasteiger partial charge in [0.15, 0.2) is 0 Å². The number of rotatable bonds is 10.